The van der Waals surface area contributed by atoms with Crippen LogP contribution in [-0.2, 0) is 6.54 Å². The van der Waals surface area contributed by atoms with Gasteiger partial charge in [0.05, 0.1) is 8.61 Å². The minimum atomic E-state index is 0.147. The van der Waals surface area contributed by atoms with Crippen LogP contribution >= 0.6 is 43.2 Å². The molecule has 0 radical (unpaired) electrons. The van der Waals surface area contributed by atoms with E-state index in [0.29, 0.717) is 4.83 Å². The topological polar surface area (TPSA) is 15.6 Å². The van der Waals surface area contributed by atoms with Crippen LogP contribution in [0.3, 0.4) is 0 Å². The lowest BCUT2D eigenvalue weighted by Crippen LogP contribution is -2.43. The van der Waals surface area contributed by atoms with Gasteiger partial charge in [0.2, 0.25) is 0 Å². The van der Waals surface area contributed by atoms with Crippen LogP contribution in [0.15, 0.2) is 45.2 Å². The average molecular weight is 428 g/mol. The Balaban J connectivity index is 1.98. The molecule has 21 heavy (non-hydrogen) atoms. The smallest absolute Gasteiger partial charge is 0.135 e. The van der Waals surface area contributed by atoms with E-state index in [1.54, 1.807) is 11.3 Å². The highest BCUT2D eigenvalue weighted by Gasteiger charge is 2.24. The summed E-state index contributed by atoms with van der Waals surface area (Å²) in [6.45, 7) is 3.07. The highest BCUT2D eigenvalue weighted by Crippen LogP contribution is 2.22. The summed E-state index contributed by atoms with van der Waals surface area (Å²) < 4.78 is 2.25. The molecule has 0 amide bonds. The third kappa shape index (κ3) is 3.41. The molecule has 5 heteroatoms. The summed E-state index contributed by atoms with van der Waals surface area (Å²) in [6.07, 6.45) is 3.44. The van der Waals surface area contributed by atoms with E-state index in [1.807, 2.05) is 0 Å². The Kier molecular flexibility index (Phi) is 4.82. The normalized spacial score (nSPS) is 18.6. The van der Waals surface area contributed by atoms with E-state index < -0.39 is 0 Å². The van der Waals surface area contributed by atoms with Crippen LogP contribution in [0.5, 0.6) is 0 Å². The Hall–Kier alpha value is -0.650. The predicted molar refractivity (Wildman–Crippen MR) is 96.0 cm³/mol. The summed E-state index contributed by atoms with van der Waals surface area (Å²) >= 11 is 9.05. The summed E-state index contributed by atoms with van der Waals surface area (Å²) in [6, 6.07) is 12.7. The maximum atomic E-state index is 4.95. The van der Waals surface area contributed by atoms with E-state index in [0.717, 1.165) is 21.4 Å². The highest BCUT2D eigenvalue weighted by atomic mass is 79.9. The number of nitrogens with zero attached hydrogens (tertiary/aromatic N) is 2. The van der Waals surface area contributed by atoms with Gasteiger partial charge in [0.25, 0.3) is 0 Å². The zero-order chi connectivity index (χ0) is 14.8. The number of rotatable bonds is 4. The molecular formula is C16H16Br2N2S. The maximum Gasteiger partial charge on any atom is 0.135 e. The van der Waals surface area contributed by atoms with E-state index in [4.69, 9.17) is 4.99 Å². The van der Waals surface area contributed by atoms with Crippen LogP contribution in [0.25, 0.3) is 6.20 Å². The summed E-state index contributed by atoms with van der Waals surface area (Å²) in [5, 5.41) is 1.20. The number of benzene rings is 1. The molecule has 3 rings (SSSR count). The summed E-state index contributed by atoms with van der Waals surface area (Å²) in [5.41, 5.74) is 1.31. The van der Waals surface area contributed by atoms with Crippen molar-refractivity contribution in [3.05, 3.63) is 55.6 Å². The lowest BCUT2D eigenvalue weighted by atomic mass is 10.1. The summed E-state index contributed by atoms with van der Waals surface area (Å²) in [7, 11) is 0. The van der Waals surface area contributed by atoms with Gasteiger partial charge in [-0.05, 0) is 34.0 Å². The van der Waals surface area contributed by atoms with E-state index >= 15 is 0 Å². The molecule has 0 saturated carbocycles. The van der Waals surface area contributed by atoms with Crippen LogP contribution < -0.4 is 9.89 Å². The van der Waals surface area contributed by atoms with Gasteiger partial charge >= 0.3 is 0 Å². The second-order valence-corrected chi connectivity index (χ2v) is 8.65. The SMILES string of the molecule is CCC(Br)C1N=c2sc(Br)cc2=CN1Cc1ccccc1. The van der Waals surface area contributed by atoms with Crippen molar-refractivity contribution in [2.45, 2.75) is 30.9 Å². The Morgan fingerprint density at radius 2 is 2.10 bits per heavy atom. The standard InChI is InChI=1S/C16H16Br2N2S/c1-2-13(17)15-19-16-12(8-14(18)21-16)10-20(15)9-11-6-4-3-5-7-11/h3-8,10,13,15H,2,9H2,1H3. The van der Waals surface area contributed by atoms with Crippen molar-refractivity contribution in [1.29, 1.82) is 0 Å². The van der Waals surface area contributed by atoms with E-state index in [9.17, 15) is 0 Å². The predicted octanol–water partition coefficient (Wildman–Crippen LogP) is 3.88. The Bertz CT molecular complexity index is 726. The first kappa shape index (κ1) is 15.3. The van der Waals surface area contributed by atoms with Crippen LogP contribution in [0.2, 0.25) is 0 Å². The fraction of sp³-hybridized carbons (Fsp3) is 0.312. The molecule has 110 valence electrons. The molecule has 2 atom stereocenters. The molecule has 1 aromatic heterocycles. The van der Waals surface area contributed by atoms with Gasteiger partial charge < -0.3 is 4.90 Å². The molecule has 2 heterocycles. The van der Waals surface area contributed by atoms with Crippen molar-refractivity contribution in [2.75, 3.05) is 0 Å². The first-order valence-electron chi connectivity index (χ1n) is 6.96. The molecule has 0 saturated heterocycles. The van der Waals surface area contributed by atoms with Crippen molar-refractivity contribution in [3.63, 3.8) is 0 Å². The third-order valence-corrected chi connectivity index (χ3v) is 6.21. The summed E-state index contributed by atoms with van der Waals surface area (Å²) in [4.78, 5) is 7.64. The third-order valence-electron chi connectivity index (χ3n) is 3.53. The number of thiophene rings is 1. The van der Waals surface area contributed by atoms with Crippen molar-refractivity contribution in [2.24, 2.45) is 4.99 Å². The van der Waals surface area contributed by atoms with Crippen molar-refractivity contribution >= 4 is 49.4 Å². The van der Waals surface area contributed by atoms with Crippen LogP contribution in [0, 0.1) is 0 Å². The molecule has 2 aromatic rings. The van der Waals surface area contributed by atoms with Gasteiger partial charge in [-0.25, -0.2) is 4.99 Å². The number of halogens is 2. The van der Waals surface area contributed by atoms with Gasteiger partial charge in [0, 0.05) is 18.0 Å². The first-order valence-corrected chi connectivity index (χ1v) is 9.48. The molecule has 2 unspecified atom stereocenters. The first-order chi connectivity index (χ1) is 10.2. The monoisotopic (exact) mass is 426 g/mol. The fourth-order valence-electron chi connectivity index (χ4n) is 2.44. The molecule has 0 spiro atoms. The molecule has 1 aliphatic heterocycles. The van der Waals surface area contributed by atoms with Gasteiger partial charge in [0.15, 0.2) is 0 Å². The maximum absolute atomic E-state index is 4.95. The Labute approximate surface area is 145 Å². The van der Waals surface area contributed by atoms with E-state index in [2.05, 4.69) is 86.3 Å². The fourth-order valence-corrected chi connectivity index (χ4v) is 4.33. The van der Waals surface area contributed by atoms with Gasteiger partial charge in [-0.1, -0.05) is 53.2 Å². The zero-order valence-electron chi connectivity index (χ0n) is 11.7. The zero-order valence-corrected chi connectivity index (χ0v) is 15.7. The van der Waals surface area contributed by atoms with Crippen molar-refractivity contribution in [3.8, 4) is 0 Å². The molecule has 1 aromatic carbocycles. The average Bonchev–Trinajstić information content (AvgIpc) is 2.86. The van der Waals surface area contributed by atoms with Crippen LogP contribution in [-0.4, -0.2) is 15.9 Å². The molecule has 0 N–H and O–H groups in total. The van der Waals surface area contributed by atoms with E-state index in [1.165, 1.54) is 10.8 Å². The van der Waals surface area contributed by atoms with Gasteiger partial charge in [-0.3, -0.25) is 0 Å². The van der Waals surface area contributed by atoms with E-state index in [-0.39, 0.29) is 6.17 Å². The second-order valence-electron chi connectivity index (χ2n) is 5.06. The quantitative estimate of drug-likeness (QED) is 0.676. The van der Waals surface area contributed by atoms with Crippen LogP contribution in [0.4, 0.5) is 0 Å². The molecule has 0 bridgehead atoms. The van der Waals surface area contributed by atoms with Gasteiger partial charge in [0.1, 0.15) is 10.8 Å². The van der Waals surface area contributed by atoms with Crippen LogP contribution in [0.1, 0.15) is 18.9 Å². The molecule has 2 nitrogen and oxygen atoms in total. The largest absolute Gasteiger partial charge is 0.350 e. The second kappa shape index (κ2) is 6.63. The molecule has 0 aliphatic carbocycles. The molecule has 0 fully saturated rings. The van der Waals surface area contributed by atoms with Gasteiger partial charge in [-0.15, -0.1) is 11.3 Å². The van der Waals surface area contributed by atoms with Crippen molar-refractivity contribution < 1.29 is 0 Å². The molecule has 1 aliphatic rings. The van der Waals surface area contributed by atoms with Crippen molar-refractivity contribution in [1.82, 2.24) is 4.90 Å². The number of alkyl halides is 1. The Morgan fingerprint density at radius 1 is 1.33 bits per heavy atom. The lowest BCUT2D eigenvalue weighted by molar-refractivity contribution is 0.287. The number of hydrogen-bond acceptors (Lipinski definition) is 3. The van der Waals surface area contributed by atoms with Gasteiger partial charge in [-0.2, -0.15) is 0 Å². The minimum absolute atomic E-state index is 0.147. The molecular weight excluding hydrogens is 412 g/mol. The minimum Gasteiger partial charge on any atom is -0.350 e. The lowest BCUT2D eigenvalue weighted by Gasteiger charge is -2.32. The number of hydrogen-bond donors (Lipinski definition) is 0. The summed E-state index contributed by atoms with van der Waals surface area (Å²) in [5.74, 6) is 0. The highest BCUT2D eigenvalue weighted by molar-refractivity contribution is 9.11. The number of fused-ring (bicyclic) bond motifs is 1. The Morgan fingerprint density at radius 3 is 2.81 bits per heavy atom.